The molecule has 2 aromatic carbocycles. The Labute approximate surface area is 138 Å². The first-order chi connectivity index (χ1) is 11.7. The number of aryl methyl sites for hydroxylation is 1. The number of nitrogens with one attached hydrogen (secondary N) is 1. The Balaban J connectivity index is 1.71. The van der Waals surface area contributed by atoms with Crippen LogP contribution in [-0.2, 0) is 0 Å². The standard InChI is InChI=1S/C19H15N3O2/c1-13-14-7-2-5-10-17(14)24-18(13)19(23)21-15-8-3-4-9-16(15)22-12-6-11-20-22/h2-12H,1H3,(H,21,23). The van der Waals surface area contributed by atoms with Crippen molar-refractivity contribution in [3.8, 4) is 5.69 Å². The molecule has 1 N–H and O–H groups in total. The maximum Gasteiger partial charge on any atom is 0.291 e. The molecule has 0 unspecified atom stereocenters. The highest BCUT2D eigenvalue weighted by atomic mass is 16.3. The van der Waals surface area contributed by atoms with Crippen LogP contribution in [0.25, 0.3) is 16.7 Å². The lowest BCUT2D eigenvalue weighted by Crippen LogP contribution is -2.14. The van der Waals surface area contributed by atoms with Crippen LogP contribution in [0.4, 0.5) is 5.69 Å². The number of nitrogens with zero attached hydrogens (tertiary/aromatic N) is 2. The van der Waals surface area contributed by atoms with Crippen LogP contribution in [0.1, 0.15) is 16.1 Å². The van der Waals surface area contributed by atoms with E-state index in [4.69, 9.17) is 4.42 Å². The Kier molecular flexibility index (Phi) is 3.39. The first-order valence-corrected chi connectivity index (χ1v) is 7.62. The van der Waals surface area contributed by atoms with Gasteiger partial charge in [-0.3, -0.25) is 4.79 Å². The van der Waals surface area contributed by atoms with Crippen molar-refractivity contribution < 1.29 is 9.21 Å². The average Bonchev–Trinajstić information content (AvgIpc) is 3.24. The van der Waals surface area contributed by atoms with Crippen LogP contribution < -0.4 is 5.32 Å². The number of hydrogen-bond acceptors (Lipinski definition) is 3. The molecule has 0 bridgehead atoms. The van der Waals surface area contributed by atoms with Gasteiger partial charge in [0.1, 0.15) is 5.58 Å². The third-order valence-electron chi connectivity index (χ3n) is 3.95. The quantitative estimate of drug-likeness (QED) is 0.616. The van der Waals surface area contributed by atoms with Gasteiger partial charge in [0.05, 0.1) is 11.4 Å². The summed E-state index contributed by atoms with van der Waals surface area (Å²) < 4.78 is 7.44. The minimum absolute atomic E-state index is 0.275. The van der Waals surface area contributed by atoms with Crippen molar-refractivity contribution in [3.63, 3.8) is 0 Å². The number of amides is 1. The highest BCUT2D eigenvalue weighted by molar-refractivity contribution is 6.07. The number of fused-ring (bicyclic) bond motifs is 1. The van der Waals surface area contributed by atoms with Crippen molar-refractivity contribution in [3.05, 3.63) is 78.3 Å². The second-order valence-corrected chi connectivity index (χ2v) is 5.47. The van der Waals surface area contributed by atoms with Crippen LogP contribution in [-0.4, -0.2) is 15.7 Å². The molecular weight excluding hydrogens is 302 g/mol. The van der Waals surface area contributed by atoms with Gasteiger partial charge in [0.15, 0.2) is 5.76 Å². The number of furan rings is 1. The molecule has 0 radical (unpaired) electrons. The van der Waals surface area contributed by atoms with Crippen LogP contribution in [0.15, 0.2) is 71.4 Å². The molecule has 0 aliphatic rings. The number of anilines is 1. The van der Waals surface area contributed by atoms with Gasteiger partial charge in [0.2, 0.25) is 0 Å². The third-order valence-corrected chi connectivity index (χ3v) is 3.95. The van der Waals surface area contributed by atoms with Crippen molar-refractivity contribution in [2.45, 2.75) is 6.92 Å². The predicted molar refractivity (Wildman–Crippen MR) is 92.5 cm³/mol. The van der Waals surface area contributed by atoms with Crippen molar-refractivity contribution in [1.29, 1.82) is 0 Å². The molecule has 0 spiro atoms. The van der Waals surface area contributed by atoms with Gasteiger partial charge in [-0.2, -0.15) is 5.10 Å². The summed E-state index contributed by atoms with van der Waals surface area (Å²) >= 11 is 0. The van der Waals surface area contributed by atoms with Gasteiger partial charge in [-0.1, -0.05) is 30.3 Å². The molecule has 0 fully saturated rings. The van der Waals surface area contributed by atoms with Crippen LogP contribution in [0.2, 0.25) is 0 Å². The maximum absolute atomic E-state index is 12.7. The van der Waals surface area contributed by atoms with E-state index in [1.807, 2.05) is 67.7 Å². The summed E-state index contributed by atoms with van der Waals surface area (Å²) in [4.78, 5) is 12.7. The lowest BCUT2D eigenvalue weighted by Gasteiger charge is -2.10. The number of benzene rings is 2. The largest absolute Gasteiger partial charge is 0.451 e. The number of aromatic nitrogens is 2. The van der Waals surface area contributed by atoms with E-state index in [9.17, 15) is 4.79 Å². The highest BCUT2D eigenvalue weighted by Gasteiger charge is 2.18. The molecule has 24 heavy (non-hydrogen) atoms. The number of carbonyl (C=O) groups is 1. The highest BCUT2D eigenvalue weighted by Crippen LogP contribution is 2.26. The van der Waals surface area contributed by atoms with Gasteiger partial charge in [0.25, 0.3) is 5.91 Å². The third kappa shape index (κ3) is 2.36. The molecule has 2 aromatic heterocycles. The Morgan fingerprint density at radius 2 is 1.88 bits per heavy atom. The van der Waals surface area contributed by atoms with Crippen molar-refractivity contribution >= 4 is 22.6 Å². The number of carbonyl (C=O) groups excluding carboxylic acids is 1. The molecule has 1 amide bonds. The molecular formula is C19H15N3O2. The van der Waals surface area contributed by atoms with Crippen LogP contribution in [0, 0.1) is 6.92 Å². The second-order valence-electron chi connectivity index (χ2n) is 5.47. The summed E-state index contributed by atoms with van der Waals surface area (Å²) in [6.45, 7) is 1.89. The van der Waals surface area contributed by atoms with Crippen LogP contribution >= 0.6 is 0 Å². The number of para-hydroxylation sites is 3. The van der Waals surface area contributed by atoms with Crippen molar-refractivity contribution in [2.24, 2.45) is 0 Å². The molecule has 5 nitrogen and oxygen atoms in total. The zero-order chi connectivity index (χ0) is 16.5. The Hall–Kier alpha value is -3.34. The van der Waals surface area contributed by atoms with Crippen LogP contribution in [0.5, 0.6) is 0 Å². The molecule has 118 valence electrons. The maximum atomic E-state index is 12.7. The van der Waals surface area contributed by atoms with Crippen molar-refractivity contribution in [2.75, 3.05) is 5.32 Å². The first kappa shape index (κ1) is 14.3. The summed E-state index contributed by atoms with van der Waals surface area (Å²) in [6, 6.07) is 17.0. The summed E-state index contributed by atoms with van der Waals surface area (Å²) in [6.07, 6.45) is 3.53. The van der Waals surface area contributed by atoms with E-state index in [1.54, 1.807) is 10.9 Å². The minimum Gasteiger partial charge on any atom is -0.451 e. The molecule has 0 saturated carbocycles. The topological polar surface area (TPSA) is 60.1 Å². The molecule has 5 heteroatoms. The van der Waals surface area contributed by atoms with E-state index in [1.165, 1.54) is 0 Å². The molecule has 4 rings (SSSR count). The summed E-state index contributed by atoms with van der Waals surface area (Å²) in [5.74, 6) is 0.0507. The molecule has 0 saturated heterocycles. The van der Waals surface area contributed by atoms with E-state index in [0.717, 1.165) is 16.6 Å². The summed E-state index contributed by atoms with van der Waals surface area (Å²) in [5, 5.41) is 8.09. The Morgan fingerprint density at radius 3 is 2.67 bits per heavy atom. The van der Waals surface area contributed by atoms with Crippen LogP contribution in [0.3, 0.4) is 0 Å². The average molecular weight is 317 g/mol. The van der Waals surface area contributed by atoms with Gasteiger partial charge < -0.3 is 9.73 Å². The fraction of sp³-hybridized carbons (Fsp3) is 0.0526. The zero-order valence-corrected chi connectivity index (χ0v) is 13.1. The Morgan fingerprint density at radius 1 is 1.08 bits per heavy atom. The first-order valence-electron chi connectivity index (χ1n) is 7.62. The molecule has 4 aromatic rings. The predicted octanol–water partition coefficient (Wildman–Crippen LogP) is 4.18. The molecule has 0 aliphatic carbocycles. The fourth-order valence-corrected chi connectivity index (χ4v) is 2.76. The second kappa shape index (κ2) is 5.70. The summed E-state index contributed by atoms with van der Waals surface area (Å²) in [5.41, 5.74) is 3.01. The molecule has 0 aliphatic heterocycles. The van der Waals surface area contributed by atoms with E-state index in [-0.39, 0.29) is 5.91 Å². The molecule has 0 atom stereocenters. The van der Waals surface area contributed by atoms with Gasteiger partial charge in [-0.05, 0) is 31.2 Å². The van der Waals surface area contributed by atoms with Gasteiger partial charge in [0, 0.05) is 23.3 Å². The number of rotatable bonds is 3. The van der Waals surface area contributed by atoms with Gasteiger partial charge in [-0.25, -0.2) is 4.68 Å². The lowest BCUT2D eigenvalue weighted by molar-refractivity contribution is 0.0998. The van der Waals surface area contributed by atoms with E-state index in [2.05, 4.69) is 10.4 Å². The smallest absolute Gasteiger partial charge is 0.291 e. The van der Waals surface area contributed by atoms with E-state index < -0.39 is 0 Å². The Bertz CT molecular complexity index is 1020. The monoisotopic (exact) mass is 317 g/mol. The van der Waals surface area contributed by atoms with Crippen molar-refractivity contribution in [1.82, 2.24) is 9.78 Å². The van der Waals surface area contributed by atoms with E-state index >= 15 is 0 Å². The number of hydrogen-bond donors (Lipinski definition) is 1. The minimum atomic E-state index is -0.275. The summed E-state index contributed by atoms with van der Waals surface area (Å²) in [7, 11) is 0. The zero-order valence-electron chi connectivity index (χ0n) is 13.1. The van der Waals surface area contributed by atoms with Gasteiger partial charge in [-0.15, -0.1) is 0 Å². The lowest BCUT2D eigenvalue weighted by atomic mass is 10.1. The normalized spacial score (nSPS) is 10.9. The molecule has 2 heterocycles. The fourth-order valence-electron chi connectivity index (χ4n) is 2.76. The van der Waals surface area contributed by atoms with Gasteiger partial charge >= 0.3 is 0 Å². The van der Waals surface area contributed by atoms with E-state index in [0.29, 0.717) is 17.0 Å². The SMILES string of the molecule is Cc1c(C(=O)Nc2ccccc2-n2cccn2)oc2ccccc12.